The van der Waals surface area contributed by atoms with Crippen LogP contribution in [0.1, 0.15) is 33.3 Å². The molecule has 0 saturated carbocycles. The van der Waals surface area contributed by atoms with Crippen LogP contribution in [-0.2, 0) is 42.9 Å². The van der Waals surface area contributed by atoms with Gasteiger partial charge in [-0.05, 0) is 27.7 Å². The SMILES string of the molecule is CSc1nc(SC2OC(COC(C)=O)C(OC(C)=O)C(OC(C)=O)C2OC(C)=O)c(C#N)c(-c2ccccc2)c1Br. The van der Waals surface area contributed by atoms with Crippen LogP contribution >= 0.6 is 39.5 Å². The molecule has 0 bridgehead atoms. The maximum absolute atomic E-state index is 12.2. The van der Waals surface area contributed by atoms with Crippen molar-refractivity contribution in [1.82, 2.24) is 4.98 Å². The van der Waals surface area contributed by atoms with Gasteiger partial charge in [-0.15, -0.1) is 11.8 Å². The molecule has 0 amide bonds. The zero-order valence-electron chi connectivity index (χ0n) is 22.7. The van der Waals surface area contributed by atoms with Crippen molar-refractivity contribution in [2.24, 2.45) is 0 Å². The number of pyridine rings is 1. The number of rotatable bonds is 9. The van der Waals surface area contributed by atoms with Gasteiger partial charge in [0.25, 0.3) is 0 Å². The van der Waals surface area contributed by atoms with E-state index in [0.29, 0.717) is 15.1 Å². The maximum Gasteiger partial charge on any atom is 0.303 e. The number of carbonyl (C=O) groups is 4. The van der Waals surface area contributed by atoms with Crippen LogP contribution in [0, 0.1) is 11.3 Å². The number of benzene rings is 1. The third kappa shape index (κ3) is 8.22. The molecule has 1 aromatic heterocycles. The van der Waals surface area contributed by atoms with E-state index in [1.54, 1.807) is 0 Å². The van der Waals surface area contributed by atoms with Crippen LogP contribution in [-0.4, -0.2) is 71.6 Å². The molecule has 14 heteroatoms. The Morgan fingerprint density at radius 2 is 1.51 bits per heavy atom. The van der Waals surface area contributed by atoms with Gasteiger partial charge in [0.2, 0.25) is 0 Å². The van der Waals surface area contributed by atoms with Gasteiger partial charge in [0.15, 0.2) is 23.7 Å². The summed E-state index contributed by atoms with van der Waals surface area (Å²) >= 11 is 5.90. The summed E-state index contributed by atoms with van der Waals surface area (Å²) in [6.07, 6.45) is -3.20. The summed E-state index contributed by atoms with van der Waals surface area (Å²) in [5, 5.41) is 11.1. The predicted molar refractivity (Wildman–Crippen MR) is 152 cm³/mol. The van der Waals surface area contributed by atoms with E-state index in [1.165, 1.54) is 18.7 Å². The second-order valence-corrected chi connectivity index (χ2v) is 11.3. The monoisotopic (exact) mass is 666 g/mol. The zero-order chi connectivity index (χ0) is 30.3. The first-order valence-electron chi connectivity index (χ1n) is 12.2. The van der Waals surface area contributed by atoms with Crippen LogP contribution in [0.4, 0.5) is 0 Å². The molecule has 1 fully saturated rings. The normalized spacial score (nSPS) is 21.7. The van der Waals surface area contributed by atoms with Gasteiger partial charge in [-0.2, -0.15) is 5.26 Å². The van der Waals surface area contributed by atoms with Crippen molar-refractivity contribution in [3.8, 4) is 17.2 Å². The number of nitrogens with zero attached hydrogens (tertiary/aromatic N) is 2. The molecule has 5 atom stereocenters. The largest absolute Gasteiger partial charge is 0.463 e. The Balaban J connectivity index is 2.17. The third-order valence-electron chi connectivity index (χ3n) is 5.62. The minimum Gasteiger partial charge on any atom is -0.463 e. The van der Waals surface area contributed by atoms with Crippen molar-refractivity contribution < 1.29 is 42.9 Å². The average Bonchev–Trinajstić information content (AvgIpc) is 2.91. The molecule has 5 unspecified atom stereocenters. The van der Waals surface area contributed by atoms with E-state index < -0.39 is 53.7 Å². The summed E-state index contributed by atoms with van der Waals surface area (Å²) in [6.45, 7) is 4.29. The molecule has 41 heavy (non-hydrogen) atoms. The van der Waals surface area contributed by atoms with Gasteiger partial charge in [0.1, 0.15) is 28.8 Å². The van der Waals surface area contributed by atoms with Crippen LogP contribution < -0.4 is 0 Å². The van der Waals surface area contributed by atoms with Gasteiger partial charge < -0.3 is 23.7 Å². The van der Waals surface area contributed by atoms with Gasteiger partial charge in [-0.25, -0.2) is 4.98 Å². The number of nitriles is 1. The summed E-state index contributed by atoms with van der Waals surface area (Å²) in [4.78, 5) is 52.6. The van der Waals surface area contributed by atoms with E-state index in [0.717, 1.165) is 38.1 Å². The highest BCUT2D eigenvalue weighted by Gasteiger charge is 2.52. The average molecular weight is 668 g/mol. The molecule has 1 aliphatic rings. The van der Waals surface area contributed by atoms with E-state index >= 15 is 0 Å². The lowest BCUT2D eigenvalue weighted by atomic mass is 9.99. The highest BCUT2D eigenvalue weighted by molar-refractivity contribution is 9.10. The summed E-state index contributed by atoms with van der Waals surface area (Å²) < 4.78 is 28.5. The fourth-order valence-corrected chi connectivity index (χ4v) is 6.81. The summed E-state index contributed by atoms with van der Waals surface area (Å²) in [5.74, 6) is -2.81. The van der Waals surface area contributed by atoms with E-state index in [-0.39, 0.29) is 17.2 Å². The molecule has 1 saturated heterocycles. The second-order valence-electron chi connectivity index (χ2n) is 8.65. The van der Waals surface area contributed by atoms with Crippen molar-refractivity contribution in [3.63, 3.8) is 0 Å². The number of halogens is 1. The van der Waals surface area contributed by atoms with E-state index in [9.17, 15) is 24.4 Å². The third-order valence-corrected chi connectivity index (χ3v) is 8.46. The fourth-order valence-electron chi connectivity index (χ4n) is 4.11. The number of aromatic nitrogens is 1. The summed E-state index contributed by atoms with van der Waals surface area (Å²) in [7, 11) is 0. The summed E-state index contributed by atoms with van der Waals surface area (Å²) in [5.41, 5.74) is 0.450. The molecule has 1 aliphatic heterocycles. The van der Waals surface area contributed by atoms with Crippen molar-refractivity contribution in [2.45, 2.75) is 67.6 Å². The van der Waals surface area contributed by atoms with E-state index in [2.05, 4.69) is 27.0 Å². The Kier molecular flexibility index (Phi) is 11.6. The van der Waals surface area contributed by atoms with Crippen LogP contribution in [0.2, 0.25) is 0 Å². The lowest BCUT2D eigenvalue weighted by Crippen LogP contribution is -2.61. The number of esters is 4. The number of thioether (sulfide) groups is 2. The smallest absolute Gasteiger partial charge is 0.303 e. The fraction of sp³-hybridized carbons (Fsp3) is 0.407. The van der Waals surface area contributed by atoms with Gasteiger partial charge >= 0.3 is 23.9 Å². The first-order chi connectivity index (χ1) is 19.5. The topological polar surface area (TPSA) is 151 Å². The van der Waals surface area contributed by atoms with Gasteiger partial charge in [-0.3, -0.25) is 19.2 Å². The zero-order valence-corrected chi connectivity index (χ0v) is 26.0. The molecular weight excluding hydrogens is 640 g/mol. The van der Waals surface area contributed by atoms with Gasteiger partial charge in [-0.1, -0.05) is 42.1 Å². The Morgan fingerprint density at radius 1 is 0.927 bits per heavy atom. The number of ether oxygens (including phenoxy) is 5. The Morgan fingerprint density at radius 3 is 2.05 bits per heavy atom. The minimum absolute atomic E-state index is 0.221. The minimum atomic E-state index is -1.33. The molecule has 218 valence electrons. The lowest BCUT2D eigenvalue weighted by Gasteiger charge is -2.44. The molecule has 0 N–H and O–H groups in total. The molecule has 11 nitrogen and oxygen atoms in total. The van der Waals surface area contributed by atoms with Crippen molar-refractivity contribution in [2.75, 3.05) is 12.9 Å². The number of hydrogen-bond acceptors (Lipinski definition) is 13. The lowest BCUT2D eigenvalue weighted by molar-refractivity contribution is -0.237. The van der Waals surface area contributed by atoms with Gasteiger partial charge in [0, 0.05) is 33.3 Å². The molecule has 0 radical (unpaired) electrons. The van der Waals surface area contributed by atoms with Gasteiger partial charge in [0.05, 0.1) is 10.0 Å². The Hall–Kier alpha value is -3.12. The number of carbonyl (C=O) groups excluding carboxylic acids is 4. The highest BCUT2D eigenvalue weighted by atomic mass is 79.9. The van der Waals surface area contributed by atoms with Crippen LogP contribution in [0.5, 0.6) is 0 Å². The van der Waals surface area contributed by atoms with Crippen molar-refractivity contribution in [1.29, 1.82) is 5.26 Å². The molecule has 2 heterocycles. The second kappa shape index (κ2) is 14.7. The Bertz CT molecular complexity index is 1350. The van der Waals surface area contributed by atoms with Crippen LogP contribution in [0.15, 0.2) is 44.9 Å². The first-order valence-corrected chi connectivity index (χ1v) is 15.1. The predicted octanol–water partition coefficient (Wildman–Crippen LogP) is 4.28. The molecule has 2 aromatic rings. The molecule has 1 aromatic carbocycles. The maximum atomic E-state index is 12.2. The van der Waals surface area contributed by atoms with Crippen LogP contribution in [0.3, 0.4) is 0 Å². The quantitative estimate of drug-likeness (QED) is 0.213. The van der Waals surface area contributed by atoms with E-state index in [4.69, 9.17) is 23.7 Å². The standard InChI is InChI=1S/C27H27BrN2O9S2/c1-13(31)35-12-19-22(36-14(2)32)23(37-15(3)33)24(38-16(4)34)27(39-19)41-25-18(11-29)20(17-9-7-6-8-10-17)21(28)26(30-25)40-5/h6-10,19,22-24,27H,12H2,1-5H3. The summed E-state index contributed by atoms with van der Waals surface area (Å²) in [6, 6.07) is 11.5. The molecular formula is C27H27BrN2O9S2. The number of hydrogen-bond donors (Lipinski definition) is 0. The molecule has 0 aliphatic carbocycles. The molecule has 0 spiro atoms. The first kappa shape index (κ1) is 32.4. The highest BCUT2D eigenvalue weighted by Crippen LogP contribution is 2.44. The van der Waals surface area contributed by atoms with Crippen molar-refractivity contribution in [3.05, 3.63) is 40.4 Å². The van der Waals surface area contributed by atoms with Crippen LogP contribution in [0.25, 0.3) is 11.1 Å². The Labute approximate surface area is 253 Å². The van der Waals surface area contributed by atoms with Crippen molar-refractivity contribution >= 4 is 63.3 Å². The van der Waals surface area contributed by atoms with E-state index in [1.807, 2.05) is 36.6 Å². The molecule has 3 rings (SSSR count).